The maximum absolute atomic E-state index is 13.0. The Bertz CT molecular complexity index is 1150. The van der Waals surface area contributed by atoms with Crippen LogP contribution in [0.25, 0.3) is 22.3 Å². The molecule has 2 aromatic carbocycles. The molecule has 0 radical (unpaired) electrons. The van der Waals surface area contributed by atoms with Crippen molar-refractivity contribution < 1.29 is 8.42 Å². The van der Waals surface area contributed by atoms with Crippen molar-refractivity contribution in [2.24, 2.45) is 0 Å². The van der Waals surface area contributed by atoms with Crippen LogP contribution in [0.4, 0.5) is 0 Å². The molecule has 0 aliphatic heterocycles. The maximum atomic E-state index is 13.0. The second-order valence-corrected chi connectivity index (χ2v) is 7.72. The highest BCUT2D eigenvalue weighted by Gasteiger charge is 2.19. The lowest BCUT2D eigenvalue weighted by Gasteiger charge is -2.08. The van der Waals surface area contributed by atoms with E-state index >= 15 is 0 Å². The molecule has 4 aromatic rings. The average molecular weight is 348 g/mol. The Balaban J connectivity index is 1.89. The molecule has 2 aromatic heterocycles. The fraction of sp³-hybridized carbons (Fsp3) is 0.0500. The third-order valence-corrected chi connectivity index (χ3v) is 5.83. The number of aryl methyl sites for hydroxylation is 1. The van der Waals surface area contributed by atoms with Crippen molar-refractivity contribution >= 4 is 21.1 Å². The van der Waals surface area contributed by atoms with Gasteiger partial charge in [0.1, 0.15) is 0 Å². The number of fused-ring (bicyclic) bond motifs is 1. The number of pyridine rings is 1. The Labute approximate surface area is 146 Å². The second-order valence-electron chi connectivity index (χ2n) is 5.91. The van der Waals surface area contributed by atoms with Gasteiger partial charge in [-0.3, -0.25) is 0 Å². The highest BCUT2D eigenvalue weighted by molar-refractivity contribution is 7.90. The summed E-state index contributed by atoms with van der Waals surface area (Å²) in [5.74, 6) is 0. The summed E-state index contributed by atoms with van der Waals surface area (Å²) in [7, 11) is -3.68. The molecule has 0 aliphatic rings. The van der Waals surface area contributed by atoms with Gasteiger partial charge in [0.2, 0.25) is 0 Å². The van der Waals surface area contributed by atoms with Gasteiger partial charge < -0.3 is 0 Å². The van der Waals surface area contributed by atoms with Crippen molar-refractivity contribution in [3.8, 4) is 11.3 Å². The summed E-state index contributed by atoms with van der Waals surface area (Å²) in [6.07, 6.45) is 1.56. The fourth-order valence-electron chi connectivity index (χ4n) is 2.77. The number of nitrogens with zero attached hydrogens (tertiary/aromatic N) is 2. The zero-order valence-corrected chi connectivity index (χ0v) is 14.4. The van der Waals surface area contributed by atoms with Crippen molar-refractivity contribution in [3.05, 3.63) is 84.6 Å². The summed E-state index contributed by atoms with van der Waals surface area (Å²) in [6.45, 7) is 1.93. The summed E-state index contributed by atoms with van der Waals surface area (Å²) >= 11 is 0. The third-order valence-electron chi connectivity index (χ3n) is 4.15. The van der Waals surface area contributed by atoms with Gasteiger partial charge in [-0.25, -0.2) is 17.4 Å². The van der Waals surface area contributed by atoms with Crippen LogP contribution in [-0.4, -0.2) is 17.4 Å². The SMILES string of the molecule is Cc1ccc(S(=O)(=O)n2ccc3ccc(-c4ccccc4)nc32)cc1. The van der Waals surface area contributed by atoms with Gasteiger partial charge in [0.05, 0.1) is 10.6 Å². The highest BCUT2D eigenvalue weighted by atomic mass is 32.2. The Hall–Kier alpha value is -2.92. The first-order valence-electron chi connectivity index (χ1n) is 7.91. The average Bonchev–Trinajstić information content (AvgIpc) is 3.07. The molecule has 0 saturated heterocycles. The third kappa shape index (κ3) is 2.72. The van der Waals surface area contributed by atoms with Gasteiger partial charge in [-0.15, -0.1) is 0 Å². The van der Waals surface area contributed by atoms with Crippen LogP contribution < -0.4 is 0 Å². The van der Waals surface area contributed by atoms with E-state index in [1.54, 1.807) is 36.5 Å². The first-order valence-corrected chi connectivity index (χ1v) is 9.35. The summed E-state index contributed by atoms with van der Waals surface area (Å²) in [4.78, 5) is 4.85. The molecule has 2 heterocycles. The van der Waals surface area contributed by atoms with E-state index < -0.39 is 10.0 Å². The Morgan fingerprint density at radius 1 is 0.840 bits per heavy atom. The molecule has 4 rings (SSSR count). The fourth-order valence-corrected chi connectivity index (χ4v) is 4.07. The zero-order valence-electron chi connectivity index (χ0n) is 13.6. The summed E-state index contributed by atoms with van der Waals surface area (Å²) in [5.41, 5.74) is 3.14. The number of benzene rings is 2. The first kappa shape index (κ1) is 15.6. The lowest BCUT2D eigenvalue weighted by molar-refractivity contribution is 0.589. The molecule has 25 heavy (non-hydrogen) atoms. The van der Waals surface area contributed by atoms with Gasteiger partial charge in [0.25, 0.3) is 10.0 Å². The molecule has 0 fully saturated rings. The molecule has 0 spiro atoms. The lowest BCUT2D eigenvalue weighted by atomic mass is 10.1. The van der Waals surface area contributed by atoms with Crippen LogP contribution >= 0.6 is 0 Å². The molecule has 0 N–H and O–H groups in total. The topological polar surface area (TPSA) is 52.0 Å². The smallest absolute Gasteiger partial charge is 0.229 e. The van der Waals surface area contributed by atoms with E-state index in [-0.39, 0.29) is 4.90 Å². The number of rotatable bonds is 3. The second kappa shape index (κ2) is 5.86. The predicted molar refractivity (Wildman–Crippen MR) is 98.9 cm³/mol. The van der Waals surface area contributed by atoms with Gasteiger partial charge >= 0.3 is 0 Å². The summed E-state index contributed by atoms with van der Waals surface area (Å²) in [5, 5.41) is 0.787. The van der Waals surface area contributed by atoms with E-state index in [0.717, 1.165) is 22.2 Å². The van der Waals surface area contributed by atoms with Crippen LogP contribution in [-0.2, 0) is 10.0 Å². The Morgan fingerprint density at radius 2 is 1.56 bits per heavy atom. The number of hydrogen-bond acceptors (Lipinski definition) is 3. The molecule has 0 amide bonds. The number of aromatic nitrogens is 2. The molecule has 0 aliphatic carbocycles. The molecule has 124 valence electrons. The molecule has 0 saturated carbocycles. The molecular weight excluding hydrogens is 332 g/mol. The predicted octanol–water partition coefficient (Wildman–Crippen LogP) is 4.25. The van der Waals surface area contributed by atoms with Crippen LogP contribution in [0, 0.1) is 6.92 Å². The highest BCUT2D eigenvalue weighted by Crippen LogP contribution is 2.24. The van der Waals surface area contributed by atoms with Gasteiger partial charge in [0.15, 0.2) is 5.65 Å². The van der Waals surface area contributed by atoms with E-state index in [0.29, 0.717) is 5.65 Å². The molecule has 0 unspecified atom stereocenters. The van der Waals surface area contributed by atoms with E-state index in [9.17, 15) is 8.42 Å². The normalized spacial score (nSPS) is 11.7. The van der Waals surface area contributed by atoms with Gasteiger partial charge in [-0.1, -0.05) is 48.0 Å². The van der Waals surface area contributed by atoms with Crippen molar-refractivity contribution in [1.29, 1.82) is 0 Å². The Morgan fingerprint density at radius 3 is 2.28 bits per heavy atom. The maximum Gasteiger partial charge on any atom is 0.269 e. The largest absolute Gasteiger partial charge is 0.269 e. The summed E-state index contributed by atoms with van der Waals surface area (Å²) in [6, 6.07) is 22.1. The van der Waals surface area contributed by atoms with Crippen molar-refractivity contribution in [2.45, 2.75) is 11.8 Å². The molecular formula is C20H16N2O2S. The van der Waals surface area contributed by atoms with Crippen molar-refractivity contribution in [3.63, 3.8) is 0 Å². The van der Waals surface area contributed by atoms with Gasteiger partial charge in [-0.2, -0.15) is 0 Å². The standard InChI is InChI=1S/C20H16N2O2S/c1-15-7-10-18(11-8-15)25(23,24)22-14-13-17-9-12-19(21-20(17)22)16-5-3-2-4-6-16/h2-14H,1H3. The minimum atomic E-state index is -3.68. The Kier molecular flexibility index (Phi) is 3.66. The monoisotopic (exact) mass is 348 g/mol. The molecule has 0 bridgehead atoms. The van der Waals surface area contributed by atoms with E-state index in [4.69, 9.17) is 0 Å². The van der Waals surface area contributed by atoms with E-state index in [1.807, 2.05) is 49.4 Å². The minimum Gasteiger partial charge on any atom is -0.229 e. The number of hydrogen-bond donors (Lipinski definition) is 0. The van der Waals surface area contributed by atoms with Crippen LogP contribution in [0.1, 0.15) is 5.56 Å². The van der Waals surface area contributed by atoms with E-state index in [2.05, 4.69) is 4.98 Å². The van der Waals surface area contributed by atoms with Gasteiger partial charge in [-0.05, 0) is 37.3 Å². The quantitative estimate of drug-likeness (QED) is 0.556. The molecule has 0 atom stereocenters. The van der Waals surface area contributed by atoms with Crippen LogP contribution in [0.5, 0.6) is 0 Å². The van der Waals surface area contributed by atoms with Gasteiger partial charge in [0, 0.05) is 17.1 Å². The molecule has 4 nitrogen and oxygen atoms in total. The van der Waals surface area contributed by atoms with Crippen molar-refractivity contribution in [2.75, 3.05) is 0 Å². The summed E-state index contributed by atoms with van der Waals surface area (Å²) < 4.78 is 27.2. The van der Waals surface area contributed by atoms with Crippen LogP contribution in [0.3, 0.4) is 0 Å². The lowest BCUT2D eigenvalue weighted by Crippen LogP contribution is -2.12. The van der Waals surface area contributed by atoms with Crippen LogP contribution in [0.15, 0.2) is 83.9 Å². The zero-order chi connectivity index (χ0) is 17.4. The van der Waals surface area contributed by atoms with Crippen molar-refractivity contribution in [1.82, 2.24) is 8.96 Å². The first-order chi connectivity index (χ1) is 12.1. The minimum absolute atomic E-state index is 0.252. The van der Waals surface area contributed by atoms with Crippen LogP contribution in [0.2, 0.25) is 0 Å². The van der Waals surface area contributed by atoms with E-state index in [1.165, 1.54) is 3.97 Å². The molecule has 5 heteroatoms.